The Kier molecular flexibility index (Phi) is 49.9. The third-order valence-electron chi connectivity index (χ3n) is 17.0. The molecule has 0 bridgehead atoms. The number of carboxylic acid groups (broad SMARTS) is 2. The summed E-state index contributed by atoms with van der Waals surface area (Å²) in [6.45, 7) is 37.4. The van der Waals surface area contributed by atoms with Gasteiger partial charge in [-0.3, -0.25) is 47.9 Å². The van der Waals surface area contributed by atoms with Crippen LogP contribution in [0, 0.1) is 0 Å². The van der Waals surface area contributed by atoms with E-state index < -0.39 is 161 Å². The molecule has 0 radical (unpaired) electrons. The summed E-state index contributed by atoms with van der Waals surface area (Å²) in [4.78, 5) is 197. The number of aliphatic carboxylic acids is 2. The van der Waals surface area contributed by atoms with Crippen LogP contribution >= 0.6 is 0 Å². The highest BCUT2D eigenvalue weighted by Crippen LogP contribution is 2.23. The highest BCUT2D eigenvalue weighted by atomic mass is 16.6. The zero-order chi connectivity index (χ0) is 100.0. The quantitative estimate of drug-likeness (QED) is 0.0126. The van der Waals surface area contributed by atoms with Crippen molar-refractivity contribution in [2.24, 2.45) is 5.73 Å². The van der Waals surface area contributed by atoms with Crippen LogP contribution in [-0.4, -0.2) is 205 Å². The lowest BCUT2D eigenvalue weighted by molar-refractivity contribution is -0.158. The summed E-state index contributed by atoms with van der Waals surface area (Å²) >= 11 is 0. The molecule has 6 rings (SSSR count). The highest BCUT2D eigenvalue weighted by molar-refractivity contribution is 5.94. The molecule has 0 aliphatic heterocycles. The maximum absolute atomic E-state index is 13.2. The summed E-state index contributed by atoms with van der Waals surface area (Å²) in [5.41, 5.74) is 8.25. The molecule has 2 aromatic heterocycles. The van der Waals surface area contributed by atoms with Gasteiger partial charge in [0.25, 0.3) is 0 Å². The fourth-order valence-electron chi connectivity index (χ4n) is 11.6. The van der Waals surface area contributed by atoms with Crippen molar-refractivity contribution in [3.8, 4) is 0 Å². The van der Waals surface area contributed by atoms with Crippen molar-refractivity contribution >= 4 is 117 Å². The third kappa shape index (κ3) is 52.0. The number of esters is 8. The Balaban J connectivity index is 0.000000567. The summed E-state index contributed by atoms with van der Waals surface area (Å²) in [5, 5.41) is 35.1. The summed E-state index contributed by atoms with van der Waals surface area (Å²) in [6, 6.07) is 26.3. The van der Waals surface area contributed by atoms with Gasteiger partial charge in [-0.2, -0.15) is 0 Å². The van der Waals surface area contributed by atoms with E-state index in [1.165, 1.54) is 13.8 Å². The molecule has 0 aliphatic carbocycles. The number of nitrogens with one attached hydrogen (secondary N) is 8. The Morgan fingerprint density at radius 2 is 0.629 bits per heavy atom. The number of hydrogen-bond donors (Lipinski definition) is 11. The first kappa shape index (κ1) is 115. The van der Waals surface area contributed by atoms with Crippen molar-refractivity contribution in [2.75, 3.05) is 0 Å². The van der Waals surface area contributed by atoms with Gasteiger partial charge in [0, 0.05) is 93.0 Å². The Hall–Kier alpha value is -13.0. The van der Waals surface area contributed by atoms with E-state index in [-0.39, 0.29) is 114 Å². The molecule has 730 valence electrons. The maximum atomic E-state index is 13.2. The van der Waals surface area contributed by atoms with E-state index in [0.29, 0.717) is 0 Å². The Morgan fingerprint density at radius 1 is 0.348 bits per heavy atom. The van der Waals surface area contributed by atoms with Gasteiger partial charge in [-0.15, -0.1) is 0 Å². The van der Waals surface area contributed by atoms with Crippen LogP contribution in [0.4, 0.5) is 9.59 Å². The number of carbonyl (C=O) groups excluding carboxylic acids is 14. The van der Waals surface area contributed by atoms with E-state index in [4.69, 9.17) is 63.3 Å². The predicted octanol–water partition coefficient (Wildman–Crippen LogP) is 11.5. The molecule has 0 aliphatic rings. The number of nitrogens with two attached hydrogens (primary N) is 1. The lowest BCUT2D eigenvalue weighted by Gasteiger charge is -2.24. The molecule has 0 fully saturated rings. The number of rotatable bonds is 40. The number of ether oxygens (including phenoxy) is 10. The number of benzene rings is 4. The van der Waals surface area contributed by atoms with E-state index in [1.54, 1.807) is 175 Å². The third-order valence-corrected chi connectivity index (χ3v) is 17.0. The van der Waals surface area contributed by atoms with Crippen molar-refractivity contribution in [1.29, 1.82) is 0 Å². The second-order valence-corrected chi connectivity index (χ2v) is 35.6. The normalized spacial score (nSPS) is 12.8. The average molecular weight is 1850 g/mol. The molecular weight excluding hydrogens is 1720 g/mol. The van der Waals surface area contributed by atoms with E-state index >= 15 is 0 Å². The fourth-order valence-corrected chi connectivity index (χ4v) is 11.6. The van der Waals surface area contributed by atoms with Gasteiger partial charge in [-0.25, -0.2) is 28.8 Å². The lowest BCUT2D eigenvalue weighted by atomic mass is 10.0. The van der Waals surface area contributed by atoms with Crippen LogP contribution in [0.25, 0.3) is 21.8 Å². The van der Waals surface area contributed by atoms with E-state index in [0.717, 1.165) is 44.1 Å². The standard InChI is InChI=1S/C25H35N3O6.C21H27N3O6.C20H29NO6.C17H23NO6.C12H23NO4/c1-15(2)33-24(32)20(11-12-22(30)34-25(4,5)6)28-23(31)21(27-16(3)29)13-17-14-26-19-10-8-7-9-18(17)19;1-12(2)30-21(29)17(8-9-19(26)27)24-20(28)18(23-13(3)25)10-14-11-22-16-7-5-4-6-15(14)16;1-14(2)26-18(23)16(11-12-17(22)27-20(3,4)5)21-19(24)25-13-15-9-7-6-8-10-15;1-17(2,3)24-14(19)10-9-13(15(20)21)18-16(22)23-11-12-7-5-4-6-8-12;1-8(2)16-11(15)9(13)6-7-10(14)17-12(3,4)5/h7-10,14-15,20-21,26H,11-13H2,1-6H3,(H,27,29)(H,28,31);4-7,11-12,17-18,22H,8-10H2,1-3H3,(H,23,25)(H,24,28)(H,26,27);6-10,14,16H,11-13H2,1-5H3,(H,21,24);4-8,13H,9-11H2,1-3H3,(H,18,22)(H,20,21);8-9H,6-7,13H2,1-5H3/t20-,21-;17-,18-;16-;13-;9-/m00000/s1. The summed E-state index contributed by atoms with van der Waals surface area (Å²) in [5.74, 6) is -8.54. The molecule has 0 spiro atoms. The first-order valence-electron chi connectivity index (χ1n) is 43.5. The van der Waals surface area contributed by atoms with Crippen molar-refractivity contribution < 1.29 is 134 Å². The van der Waals surface area contributed by atoms with Crippen LogP contribution in [0.3, 0.4) is 0 Å². The van der Waals surface area contributed by atoms with Crippen LogP contribution in [-0.2, 0) is 141 Å². The number of carboxylic acids is 2. The number of H-pyrrole nitrogens is 2. The number of carbonyl (C=O) groups is 16. The molecule has 0 unspecified atom stereocenters. The van der Waals surface area contributed by atoms with Crippen molar-refractivity contribution in [3.05, 3.63) is 144 Å². The molecule has 0 saturated heterocycles. The molecule has 132 heavy (non-hydrogen) atoms. The number of amides is 6. The van der Waals surface area contributed by atoms with E-state index in [9.17, 15) is 76.7 Å². The minimum absolute atomic E-state index is 0.00604. The van der Waals surface area contributed by atoms with Gasteiger partial charge in [-0.1, -0.05) is 97.1 Å². The first-order valence-corrected chi connectivity index (χ1v) is 43.5. The van der Waals surface area contributed by atoms with Crippen molar-refractivity contribution in [1.82, 2.24) is 41.9 Å². The first-order chi connectivity index (χ1) is 61.4. The largest absolute Gasteiger partial charge is 0.481 e. The van der Waals surface area contributed by atoms with Crippen LogP contribution < -0.4 is 37.6 Å². The molecular formula is C95H137N9O28. The molecule has 37 heteroatoms. The molecule has 6 aromatic rings. The van der Waals surface area contributed by atoms with Gasteiger partial charge in [0.15, 0.2) is 0 Å². The van der Waals surface area contributed by atoms with Crippen molar-refractivity contribution in [3.63, 3.8) is 0 Å². The molecule has 2 heterocycles. The summed E-state index contributed by atoms with van der Waals surface area (Å²) in [6.07, 6.45) is 0.675. The Labute approximate surface area is 771 Å². The molecule has 12 N–H and O–H groups in total. The SMILES string of the molecule is CC(=O)N[C@@H](Cc1c[nH]c2ccccc12)C(=O)N[C@@H](CCC(=O)O)C(=O)OC(C)C.CC(=O)N[C@@H](Cc1c[nH]c2ccccc12)C(=O)N[C@@H](CCC(=O)OC(C)(C)C)C(=O)OC(C)C.CC(C)(C)OC(=O)CC[C@H](NC(=O)OCc1ccccc1)C(=O)O.CC(C)OC(=O)[C@@H](N)CCC(=O)OC(C)(C)C.CC(C)OC(=O)[C@H](CCC(=O)OC(C)(C)C)NC(=O)OCc1ccccc1. The number of aromatic amines is 2. The molecule has 37 nitrogen and oxygen atoms in total. The molecule has 6 amide bonds. The lowest BCUT2D eigenvalue weighted by Crippen LogP contribution is -2.52. The second kappa shape index (κ2) is 57.3. The van der Waals surface area contributed by atoms with Crippen LogP contribution in [0.5, 0.6) is 0 Å². The smallest absolute Gasteiger partial charge is 0.408 e. The topological polar surface area (TPSA) is 536 Å². The second-order valence-electron chi connectivity index (χ2n) is 35.6. The average Bonchev–Trinajstić information content (AvgIpc) is 1.68. The monoisotopic (exact) mass is 1850 g/mol. The van der Waals surface area contributed by atoms with Crippen molar-refractivity contribution in [2.45, 2.75) is 332 Å². The van der Waals surface area contributed by atoms with Gasteiger partial charge < -0.3 is 105 Å². The van der Waals surface area contributed by atoms with Gasteiger partial charge in [-0.05, 0) is 205 Å². The van der Waals surface area contributed by atoms with Crippen LogP contribution in [0.15, 0.2) is 122 Å². The van der Waals surface area contributed by atoms with Crippen LogP contribution in [0.1, 0.15) is 239 Å². The van der Waals surface area contributed by atoms with Crippen LogP contribution in [0.2, 0.25) is 0 Å². The Morgan fingerprint density at radius 3 is 0.932 bits per heavy atom. The van der Waals surface area contributed by atoms with E-state index in [1.807, 2.05) is 84.9 Å². The number of alkyl carbamates (subject to hydrolysis) is 2. The minimum Gasteiger partial charge on any atom is -0.481 e. The highest BCUT2D eigenvalue weighted by Gasteiger charge is 2.34. The molecule has 4 aromatic carbocycles. The summed E-state index contributed by atoms with van der Waals surface area (Å²) < 4.78 is 51.3. The van der Waals surface area contributed by atoms with E-state index in [2.05, 4.69) is 41.9 Å². The summed E-state index contributed by atoms with van der Waals surface area (Å²) in [7, 11) is 0. The van der Waals surface area contributed by atoms with Gasteiger partial charge in [0.1, 0.15) is 77.9 Å². The van der Waals surface area contributed by atoms with Gasteiger partial charge >= 0.3 is 71.9 Å². The molecule has 7 atom stereocenters. The van der Waals surface area contributed by atoms with Gasteiger partial charge in [0.05, 0.1) is 24.4 Å². The number of hydrogen-bond acceptors (Lipinski definition) is 27. The fraction of sp³-hybridized carbons (Fsp3) is 0.537. The zero-order valence-corrected chi connectivity index (χ0v) is 79.9. The minimum atomic E-state index is -1.24. The maximum Gasteiger partial charge on any atom is 0.408 e. The number of aromatic nitrogens is 2. The number of fused-ring (bicyclic) bond motifs is 2. The molecule has 0 saturated carbocycles. The zero-order valence-electron chi connectivity index (χ0n) is 79.9. The Bertz CT molecular complexity index is 4710. The number of para-hydroxylation sites is 2. The predicted molar refractivity (Wildman–Crippen MR) is 488 cm³/mol. The van der Waals surface area contributed by atoms with Gasteiger partial charge in [0.2, 0.25) is 23.6 Å².